The molecule has 0 bridgehead atoms. The Bertz CT molecular complexity index is 531. The molecule has 0 spiro atoms. The molecule has 0 saturated heterocycles. The third-order valence-corrected chi connectivity index (χ3v) is 3.81. The van der Waals surface area contributed by atoms with Crippen LogP contribution in [-0.2, 0) is 0 Å². The highest BCUT2D eigenvalue weighted by atomic mass is 32.1. The predicted molar refractivity (Wildman–Crippen MR) is 76.5 cm³/mol. The molecule has 0 aliphatic rings. The van der Waals surface area contributed by atoms with Crippen LogP contribution in [0.4, 0.5) is 0 Å². The van der Waals surface area contributed by atoms with Crippen LogP contribution in [0.2, 0.25) is 0 Å². The van der Waals surface area contributed by atoms with E-state index in [1.807, 2.05) is 19.5 Å². The van der Waals surface area contributed by atoms with Gasteiger partial charge in [-0.15, -0.1) is 0 Å². The first-order valence-electron chi connectivity index (χ1n) is 6.10. The van der Waals surface area contributed by atoms with Crippen molar-refractivity contribution < 1.29 is 9.21 Å². The zero-order chi connectivity index (χ0) is 13.8. The van der Waals surface area contributed by atoms with E-state index >= 15 is 0 Å². The monoisotopic (exact) mass is 278 g/mol. The first-order valence-corrected chi connectivity index (χ1v) is 7.04. The van der Waals surface area contributed by atoms with E-state index in [2.05, 4.69) is 21.7 Å². The van der Waals surface area contributed by atoms with E-state index in [4.69, 9.17) is 4.42 Å². The number of rotatable bonds is 5. The number of nitrogens with zero attached hydrogens (tertiary/aromatic N) is 1. The zero-order valence-electron chi connectivity index (χ0n) is 11.3. The number of carbonyl (C=O) groups is 1. The quantitative estimate of drug-likeness (QED) is 0.914. The summed E-state index contributed by atoms with van der Waals surface area (Å²) in [6.07, 6.45) is 1.53. The van der Waals surface area contributed by atoms with Crippen molar-refractivity contribution in [1.29, 1.82) is 0 Å². The fourth-order valence-electron chi connectivity index (χ4n) is 1.97. The number of likely N-dealkylation sites (N-methyl/N-ethyl adjacent to an activating group) is 1. The second-order valence-electron chi connectivity index (χ2n) is 4.64. The van der Waals surface area contributed by atoms with Crippen LogP contribution in [-0.4, -0.2) is 31.4 Å². The van der Waals surface area contributed by atoms with Crippen LogP contribution in [0.1, 0.15) is 27.7 Å². The average molecular weight is 278 g/mol. The highest BCUT2D eigenvalue weighted by Gasteiger charge is 2.17. The van der Waals surface area contributed by atoms with Crippen LogP contribution >= 0.6 is 11.3 Å². The van der Waals surface area contributed by atoms with Crippen molar-refractivity contribution in [2.45, 2.75) is 13.0 Å². The van der Waals surface area contributed by atoms with E-state index in [0.29, 0.717) is 17.9 Å². The number of aryl methyl sites for hydroxylation is 1. The first-order chi connectivity index (χ1) is 9.09. The maximum Gasteiger partial charge on any atom is 0.254 e. The molecule has 1 amide bonds. The molecule has 0 aliphatic carbocycles. The number of thiophene rings is 1. The molecular formula is C14H18N2O2S. The van der Waals surface area contributed by atoms with Gasteiger partial charge in [-0.3, -0.25) is 4.79 Å². The van der Waals surface area contributed by atoms with Gasteiger partial charge >= 0.3 is 0 Å². The van der Waals surface area contributed by atoms with Crippen LogP contribution < -0.4 is 5.32 Å². The lowest BCUT2D eigenvalue weighted by Gasteiger charge is -2.23. The Balaban J connectivity index is 2.00. The summed E-state index contributed by atoms with van der Waals surface area (Å²) in [6, 6.07) is 3.97. The second kappa shape index (κ2) is 6.04. The highest BCUT2D eigenvalue weighted by Crippen LogP contribution is 2.20. The largest absolute Gasteiger partial charge is 0.469 e. The SMILES string of the molecule is Cc1occc1C(=O)NCC(c1ccsc1)N(C)C. The van der Waals surface area contributed by atoms with Gasteiger partial charge in [-0.05, 0) is 49.5 Å². The summed E-state index contributed by atoms with van der Waals surface area (Å²) in [7, 11) is 4.02. The molecule has 2 aromatic rings. The lowest BCUT2D eigenvalue weighted by molar-refractivity contribution is 0.0940. The van der Waals surface area contributed by atoms with Gasteiger partial charge in [0.25, 0.3) is 5.91 Å². The molecule has 2 rings (SSSR count). The van der Waals surface area contributed by atoms with Gasteiger partial charge in [0.2, 0.25) is 0 Å². The van der Waals surface area contributed by atoms with Gasteiger partial charge in [0.1, 0.15) is 5.76 Å². The minimum absolute atomic E-state index is 0.0895. The molecule has 2 aromatic heterocycles. The Morgan fingerprint density at radius 3 is 2.79 bits per heavy atom. The first kappa shape index (κ1) is 13.8. The van der Waals surface area contributed by atoms with Crippen molar-refractivity contribution in [2.24, 2.45) is 0 Å². The third-order valence-electron chi connectivity index (χ3n) is 3.11. The summed E-state index contributed by atoms with van der Waals surface area (Å²) < 4.78 is 5.14. The van der Waals surface area contributed by atoms with Crippen LogP contribution in [0.5, 0.6) is 0 Å². The predicted octanol–water partition coefficient (Wildman–Crippen LogP) is 2.68. The van der Waals surface area contributed by atoms with E-state index in [0.717, 1.165) is 0 Å². The maximum absolute atomic E-state index is 12.0. The van der Waals surface area contributed by atoms with Gasteiger partial charge < -0.3 is 14.6 Å². The molecule has 1 atom stereocenters. The minimum Gasteiger partial charge on any atom is -0.469 e. The maximum atomic E-state index is 12.0. The second-order valence-corrected chi connectivity index (χ2v) is 5.42. The van der Waals surface area contributed by atoms with Gasteiger partial charge in [-0.1, -0.05) is 0 Å². The number of amides is 1. The van der Waals surface area contributed by atoms with Gasteiger partial charge in [-0.2, -0.15) is 11.3 Å². The topological polar surface area (TPSA) is 45.5 Å². The zero-order valence-corrected chi connectivity index (χ0v) is 12.2. The summed E-state index contributed by atoms with van der Waals surface area (Å²) in [5, 5.41) is 7.12. The Hall–Kier alpha value is -1.59. The van der Waals surface area contributed by atoms with E-state index < -0.39 is 0 Å². The van der Waals surface area contributed by atoms with E-state index in [1.54, 1.807) is 24.3 Å². The van der Waals surface area contributed by atoms with E-state index in [-0.39, 0.29) is 11.9 Å². The molecule has 2 heterocycles. The average Bonchev–Trinajstić information content (AvgIpc) is 3.00. The Morgan fingerprint density at radius 2 is 2.26 bits per heavy atom. The van der Waals surface area contributed by atoms with Crippen molar-refractivity contribution in [3.63, 3.8) is 0 Å². The molecule has 1 unspecified atom stereocenters. The van der Waals surface area contributed by atoms with Crippen LogP contribution in [0.25, 0.3) is 0 Å². The molecule has 5 heteroatoms. The minimum atomic E-state index is -0.0895. The van der Waals surface area contributed by atoms with Crippen molar-refractivity contribution in [3.8, 4) is 0 Å². The molecular weight excluding hydrogens is 260 g/mol. The van der Waals surface area contributed by atoms with Gasteiger partial charge in [0.15, 0.2) is 0 Å². The van der Waals surface area contributed by atoms with Crippen molar-refractivity contribution >= 4 is 17.2 Å². The fraction of sp³-hybridized carbons (Fsp3) is 0.357. The van der Waals surface area contributed by atoms with Crippen molar-refractivity contribution in [3.05, 3.63) is 46.0 Å². The summed E-state index contributed by atoms with van der Waals surface area (Å²) in [5.41, 5.74) is 1.82. The molecule has 0 saturated carbocycles. The number of furan rings is 1. The third kappa shape index (κ3) is 3.24. The van der Waals surface area contributed by atoms with Gasteiger partial charge in [0.05, 0.1) is 17.9 Å². The number of nitrogens with one attached hydrogen (secondary N) is 1. The van der Waals surface area contributed by atoms with Gasteiger partial charge in [-0.25, -0.2) is 0 Å². The summed E-state index contributed by atoms with van der Waals surface area (Å²) >= 11 is 1.67. The standard InChI is InChI=1S/C14H18N2O2S/c1-10-12(4-6-18-10)14(17)15-8-13(16(2)3)11-5-7-19-9-11/h4-7,9,13H,8H2,1-3H3,(H,15,17). The Morgan fingerprint density at radius 1 is 1.47 bits per heavy atom. The van der Waals surface area contributed by atoms with Crippen molar-refractivity contribution in [1.82, 2.24) is 10.2 Å². The van der Waals surface area contributed by atoms with Gasteiger partial charge in [0, 0.05) is 6.54 Å². The van der Waals surface area contributed by atoms with Crippen LogP contribution in [0, 0.1) is 6.92 Å². The van der Waals surface area contributed by atoms with E-state index in [9.17, 15) is 4.79 Å². The molecule has 0 radical (unpaired) electrons. The van der Waals surface area contributed by atoms with E-state index in [1.165, 1.54) is 11.8 Å². The van der Waals surface area contributed by atoms with Crippen LogP contribution in [0.15, 0.2) is 33.6 Å². The fourth-order valence-corrected chi connectivity index (χ4v) is 2.68. The Labute approximate surface area is 117 Å². The van der Waals surface area contributed by atoms with Crippen LogP contribution in [0.3, 0.4) is 0 Å². The number of carbonyl (C=O) groups excluding carboxylic acids is 1. The lowest BCUT2D eigenvalue weighted by atomic mass is 10.1. The lowest BCUT2D eigenvalue weighted by Crippen LogP contribution is -2.34. The summed E-state index contributed by atoms with van der Waals surface area (Å²) in [4.78, 5) is 14.1. The molecule has 1 N–H and O–H groups in total. The molecule has 19 heavy (non-hydrogen) atoms. The molecule has 4 nitrogen and oxygen atoms in total. The smallest absolute Gasteiger partial charge is 0.254 e. The molecule has 0 aromatic carbocycles. The molecule has 102 valence electrons. The summed E-state index contributed by atoms with van der Waals surface area (Å²) in [6.45, 7) is 2.37. The normalized spacial score (nSPS) is 12.6. The molecule has 0 fully saturated rings. The Kier molecular flexibility index (Phi) is 4.39. The summed E-state index contributed by atoms with van der Waals surface area (Å²) in [5.74, 6) is 0.558. The highest BCUT2D eigenvalue weighted by molar-refractivity contribution is 7.07. The molecule has 0 aliphatic heterocycles. The number of hydrogen-bond donors (Lipinski definition) is 1. The number of hydrogen-bond acceptors (Lipinski definition) is 4. The van der Waals surface area contributed by atoms with Crippen molar-refractivity contribution in [2.75, 3.05) is 20.6 Å².